The molecule has 0 amide bonds. The lowest BCUT2D eigenvalue weighted by Crippen LogP contribution is -2.03. The number of halogens is 1. The SMILES string of the molecule is CCn1ncc(Br)c1CCCCc1ccccc1. The summed E-state index contributed by atoms with van der Waals surface area (Å²) in [6, 6.07) is 10.7. The van der Waals surface area contributed by atoms with E-state index < -0.39 is 0 Å². The second kappa shape index (κ2) is 6.74. The minimum Gasteiger partial charge on any atom is -0.269 e. The Kier molecular flexibility index (Phi) is 5.00. The molecule has 96 valence electrons. The molecule has 1 heterocycles. The minimum absolute atomic E-state index is 0.944. The maximum Gasteiger partial charge on any atom is 0.0635 e. The molecule has 0 radical (unpaired) electrons. The highest BCUT2D eigenvalue weighted by molar-refractivity contribution is 9.10. The fraction of sp³-hybridized carbons (Fsp3) is 0.400. The van der Waals surface area contributed by atoms with Crippen molar-refractivity contribution in [2.24, 2.45) is 0 Å². The number of aryl methyl sites for hydroxylation is 2. The summed E-state index contributed by atoms with van der Waals surface area (Å²) in [7, 11) is 0. The van der Waals surface area contributed by atoms with Crippen LogP contribution in [0.15, 0.2) is 41.0 Å². The fourth-order valence-electron chi connectivity index (χ4n) is 2.18. The van der Waals surface area contributed by atoms with Crippen LogP contribution < -0.4 is 0 Å². The highest BCUT2D eigenvalue weighted by Gasteiger charge is 2.06. The molecule has 0 bridgehead atoms. The second-order valence-electron chi connectivity index (χ2n) is 4.45. The van der Waals surface area contributed by atoms with Crippen LogP contribution in [0.5, 0.6) is 0 Å². The van der Waals surface area contributed by atoms with Crippen LogP contribution in [0.4, 0.5) is 0 Å². The Balaban J connectivity index is 1.80. The summed E-state index contributed by atoms with van der Waals surface area (Å²) in [5.74, 6) is 0. The maximum absolute atomic E-state index is 4.34. The average molecular weight is 307 g/mol. The van der Waals surface area contributed by atoms with Gasteiger partial charge in [-0.2, -0.15) is 5.10 Å². The Morgan fingerprint density at radius 3 is 2.56 bits per heavy atom. The van der Waals surface area contributed by atoms with Gasteiger partial charge in [0, 0.05) is 6.54 Å². The number of benzene rings is 1. The molecule has 0 spiro atoms. The summed E-state index contributed by atoms with van der Waals surface area (Å²) in [6.07, 6.45) is 6.60. The molecule has 2 aromatic rings. The Morgan fingerprint density at radius 2 is 1.83 bits per heavy atom. The number of aromatic nitrogens is 2. The zero-order valence-corrected chi connectivity index (χ0v) is 12.4. The molecular formula is C15H19BrN2. The van der Waals surface area contributed by atoms with Crippen LogP contribution in [0, 0.1) is 0 Å². The Bertz CT molecular complexity index is 476. The molecule has 0 N–H and O–H groups in total. The van der Waals surface area contributed by atoms with Gasteiger partial charge in [0.05, 0.1) is 16.4 Å². The Labute approximate surface area is 117 Å². The molecule has 0 fully saturated rings. The third kappa shape index (κ3) is 3.45. The van der Waals surface area contributed by atoms with E-state index in [2.05, 4.69) is 63.0 Å². The third-order valence-corrected chi connectivity index (χ3v) is 3.83. The van der Waals surface area contributed by atoms with Crippen LogP contribution in [0.25, 0.3) is 0 Å². The number of unbranched alkanes of at least 4 members (excludes halogenated alkanes) is 1. The summed E-state index contributed by atoms with van der Waals surface area (Å²) in [5.41, 5.74) is 2.76. The van der Waals surface area contributed by atoms with Gasteiger partial charge in [0.25, 0.3) is 0 Å². The van der Waals surface area contributed by atoms with Gasteiger partial charge in [-0.15, -0.1) is 0 Å². The lowest BCUT2D eigenvalue weighted by molar-refractivity contribution is 0.600. The first-order chi connectivity index (χ1) is 8.81. The minimum atomic E-state index is 0.944. The third-order valence-electron chi connectivity index (χ3n) is 3.17. The molecule has 0 aliphatic heterocycles. The van der Waals surface area contributed by atoms with E-state index in [4.69, 9.17) is 0 Å². The van der Waals surface area contributed by atoms with E-state index in [0.717, 1.165) is 17.4 Å². The molecule has 0 saturated carbocycles. The molecule has 1 aromatic carbocycles. The van der Waals surface area contributed by atoms with E-state index >= 15 is 0 Å². The van der Waals surface area contributed by atoms with Crippen molar-refractivity contribution in [1.82, 2.24) is 9.78 Å². The molecule has 0 aliphatic rings. The summed E-state index contributed by atoms with van der Waals surface area (Å²) >= 11 is 3.57. The number of hydrogen-bond donors (Lipinski definition) is 0. The first kappa shape index (κ1) is 13.3. The van der Waals surface area contributed by atoms with Crippen LogP contribution in [0.3, 0.4) is 0 Å². The topological polar surface area (TPSA) is 17.8 Å². The van der Waals surface area contributed by atoms with E-state index in [-0.39, 0.29) is 0 Å². The standard InChI is InChI=1S/C15H19BrN2/c1-2-18-15(14(16)12-17-18)11-7-6-10-13-8-4-3-5-9-13/h3-5,8-9,12H,2,6-7,10-11H2,1H3. The van der Waals surface area contributed by atoms with Crippen molar-refractivity contribution < 1.29 is 0 Å². The van der Waals surface area contributed by atoms with E-state index in [1.165, 1.54) is 30.5 Å². The molecule has 1 aromatic heterocycles. The smallest absolute Gasteiger partial charge is 0.0635 e. The van der Waals surface area contributed by atoms with Crippen LogP contribution in [-0.4, -0.2) is 9.78 Å². The predicted octanol–water partition coefficient (Wildman–Crippen LogP) is 4.23. The average Bonchev–Trinajstić information content (AvgIpc) is 2.77. The van der Waals surface area contributed by atoms with Gasteiger partial charge in [-0.05, 0) is 54.1 Å². The predicted molar refractivity (Wildman–Crippen MR) is 78.7 cm³/mol. The normalized spacial score (nSPS) is 10.8. The van der Waals surface area contributed by atoms with Gasteiger partial charge in [-0.25, -0.2) is 0 Å². The molecule has 2 rings (SSSR count). The van der Waals surface area contributed by atoms with E-state index in [1.54, 1.807) is 0 Å². The highest BCUT2D eigenvalue weighted by Crippen LogP contribution is 2.18. The largest absolute Gasteiger partial charge is 0.269 e. The van der Waals surface area contributed by atoms with Crippen LogP contribution in [-0.2, 0) is 19.4 Å². The summed E-state index contributed by atoms with van der Waals surface area (Å²) in [5, 5.41) is 4.34. The van der Waals surface area contributed by atoms with Crippen molar-refractivity contribution in [2.75, 3.05) is 0 Å². The van der Waals surface area contributed by atoms with E-state index in [1.807, 2.05) is 6.20 Å². The van der Waals surface area contributed by atoms with Gasteiger partial charge in [0.1, 0.15) is 0 Å². The van der Waals surface area contributed by atoms with E-state index in [0.29, 0.717) is 0 Å². The molecule has 0 saturated heterocycles. The first-order valence-electron chi connectivity index (χ1n) is 6.55. The second-order valence-corrected chi connectivity index (χ2v) is 5.30. The van der Waals surface area contributed by atoms with Crippen LogP contribution in [0.1, 0.15) is 31.0 Å². The fourth-order valence-corrected chi connectivity index (χ4v) is 2.67. The van der Waals surface area contributed by atoms with E-state index in [9.17, 15) is 0 Å². The van der Waals surface area contributed by atoms with Gasteiger partial charge >= 0.3 is 0 Å². The van der Waals surface area contributed by atoms with Crippen molar-refractivity contribution in [3.63, 3.8) is 0 Å². The van der Waals surface area contributed by atoms with Crippen molar-refractivity contribution in [1.29, 1.82) is 0 Å². The first-order valence-corrected chi connectivity index (χ1v) is 7.34. The van der Waals surface area contributed by atoms with Gasteiger partial charge in [-0.3, -0.25) is 4.68 Å². The maximum atomic E-state index is 4.34. The lowest BCUT2D eigenvalue weighted by Gasteiger charge is -2.06. The number of hydrogen-bond acceptors (Lipinski definition) is 1. The van der Waals surface area contributed by atoms with Gasteiger partial charge in [-0.1, -0.05) is 30.3 Å². The zero-order valence-electron chi connectivity index (χ0n) is 10.8. The number of rotatable bonds is 6. The van der Waals surface area contributed by atoms with Crippen molar-refractivity contribution in [3.05, 3.63) is 52.3 Å². The number of nitrogens with zero attached hydrogens (tertiary/aromatic N) is 2. The summed E-state index contributed by atoms with van der Waals surface area (Å²) < 4.78 is 3.22. The molecule has 3 heteroatoms. The molecule has 18 heavy (non-hydrogen) atoms. The lowest BCUT2D eigenvalue weighted by atomic mass is 10.1. The Hall–Kier alpha value is -1.09. The summed E-state index contributed by atoms with van der Waals surface area (Å²) in [6.45, 7) is 3.08. The van der Waals surface area contributed by atoms with Gasteiger partial charge in [0.2, 0.25) is 0 Å². The van der Waals surface area contributed by atoms with Gasteiger partial charge in [0.15, 0.2) is 0 Å². The van der Waals surface area contributed by atoms with Crippen LogP contribution in [0.2, 0.25) is 0 Å². The van der Waals surface area contributed by atoms with Gasteiger partial charge < -0.3 is 0 Å². The van der Waals surface area contributed by atoms with Crippen molar-refractivity contribution in [3.8, 4) is 0 Å². The zero-order chi connectivity index (χ0) is 12.8. The van der Waals surface area contributed by atoms with Crippen molar-refractivity contribution >= 4 is 15.9 Å². The highest BCUT2D eigenvalue weighted by atomic mass is 79.9. The molecule has 0 atom stereocenters. The quantitative estimate of drug-likeness (QED) is 0.730. The molecular weight excluding hydrogens is 288 g/mol. The summed E-state index contributed by atoms with van der Waals surface area (Å²) in [4.78, 5) is 0. The van der Waals surface area contributed by atoms with Crippen molar-refractivity contribution in [2.45, 2.75) is 39.2 Å². The molecule has 2 nitrogen and oxygen atoms in total. The van der Waals surface area contributed by atoms with Crippen LogP contribution >= 0.6 is 15.9 Å². The Morgan fingerprint density at radius 1 is 1.11 bits per heavy atom. The monoisotopic (exact) mass is 306 g/mol. The molecule has 0 unspecified atom stereocenters. The molecule has 0 aliphatic carbocycles.